The minimum absolute atomic E-state index is 0.112. The number of halogens is 2. The van der Waals surface area contributed by atoms with Crippen LogP contribution in [0, 0.1) is 0 Å². The maximum absolute atomic E-state index is 6.57. The van der Waals surface area contributed by atoms with Crippen LogP contribution < -0.4 is 4.74 Å². The highest BCUT2D eigenvalue weighted by Gasteiger charge is 2.40. The molecule has 0 unspecified atom stereocenters. The van der Waals surface area contributed by atoms with Crippen molar-refractivity contribution in [1.29, 1.82) is 0 Å². The van der Waals surface area contributed by atoms with Gasteiger partial charge in [-0.3, -0.25) is 0 Å². The maximum atomic E-state index is 6.57. The molecule has 1 aromatic heterocycles. The van der Waals surface area contributed by atoms with E-state index in [-0.39, 0.29) is 16.4 Å². The van der Waals surface area contributed by atoms with Crippen LogP contribution in [0.3, 0.4) is 0 Å². The molecule has 27 heavy (non-hydrogen) atoms. The average molecular weight is 427 g/mol. The third-order valence-corrected chi connectivity index (χ3v) is 10.8. The lowest BCUT2D eigenvalue weighted by Crippen LogP contribution is -2.45. The number of rotatable bonds is 4. The Morgan fingerprint density at radius 1 is 1.04 bits per heavy atom. The summed E-state index contributed by atoms with van der Waals surface area (Å²) in [5.41, 5.74) is 0.669. The smallest absolute Gasteiger partial charge is 0.223 e. The van der Waals surface area contributed by atoms with Gasteiger partial charge < -0.3 is 9.16 Å². The monoisotopic (exact) mass is 426 g/mol. The van der Waals surface area contributed by atoms with Gasteiger partial charge in [-0.2, -0.15) is 0 Å². The number of aromatic nitrogens is 2. The summed E-state index contributed by atoms with van der Waals surface area (Å²) in [5, 5.41) is 1.85. The van der Waals surface area contributed by atoms with E-state index in [0.29, 0.717) is 22.4 Å². The summed E-state index contributed by atoms with van der Waals surface area (Å²) in [6, 6.07) is 3.70. The molecule has 0 amide bonds. The van der Waals surface area contributed by atoms with Gasteiger partial charge in [-0.25, -0.2) is 9.97 Å². The van der Waals surface area contributed by atoms with E-state index in [1.54, 1.807) is 6.20 Å². The molecule has 1 saturated carbocycles. The number of hydrogen-bond donors (Lipinski definition) is 0. The Bertz CT molecular complexity index is 810. The van der Waals surface area contributed by atoms with Gasteiger partial charge in [0.05, 0.1) is 11.1 Å². The van der Waals surface area contributed by atoms with E-state index < -0.39 is 8.32 Å². The summed E-state index contributed by atoms with van der Waals surface area (Å²) in [4.78, 5) is 8.35. The fourth-order valence-electron chi connectivity index (χ4n) is 3.17. The van der Waals surface area contributed by atoms with E-state index in [0.717, 1.165) is 31.1 Å². The molecule has 4 nitrogen and oxygen atoms in total. The zero-order chi connectivity index (χ0) is 19.8. The van der Waals surface area contributed by atoms with Crippen LogP contribution in [0.1, 0.15) is 46.5 Å². The molecule has 7 heteroatoms. The average Bonchev–Trinajstić information content (AvgIpc) is 2.58. The molecule has 0 saturated heterocycles. The Kier molecular flexibility index (Phi) is 6.07. The van der Waals surface area contributed by atoms with Gasteiger partial charge in [0.15, 0.2) is 14.1 Å². The lowest BCUT2D eigenvalue weighted by atomic mass is 9.95. The van der Waals surface area contributed by atoms with Gasteiger partial charge in [0.1, 0.15) is 5.52 Å². The second-order valence-corrected chi connectivity index (χ2v) is 14.3. The van der Waals surface area contributed by atoms with Crippen LogP contribution in [-0.2, 0) is 4.43 Å². The SMILES string of the molecule is CC(C)(C)[Si](C)(C)O[C@H]1CC[C@@H](Oc2c(Cl)ccc3cnc(Cl)nc23)CC1. The molecule has 1 aromatic carbocycles. The van der Waals surface area contributed by atoms with Crippen molar-refractivity contribution in [3.63, 3.8) is 0 Å². The number of ether oxygens (including phenoxy) is 1. The predicted octanol–water partition coefficient (Wildman–Crippen LogP) is 6.65. The molecule has 0 N–H and O–H groups in total. The molecule has 2 aromatic rings. The molecule has 0 spiro atoms. The summed E-state index contributed by atoms with van der Waals surface area (Å²) in [7, 11) is -1.73. The van der Waals surface area contributed by atoms with Crippen molar-refractivity contribution in [3.05, 3.63) is 28.6 Å². The van der Waals surface area contributed by atoms with E-state index in [4.69, 9.17) is 32.4 Å². The first kappa shape index (κ1) is 20.8. The Labute approximate surface area is 172 Å². The molecule has 3 rings (SSSR count). The first-order valence-electron chi connectivity index (χ1n) is 9.52. The van der Waals surface area contributed by atoms with Gasteiger partial charge in [-0.05, 0) is 67.5 Å². The predicted molar refractivity (Wildman–Crippen MR) is 115 cm³/mol. The van der Waals surface area contributed by atoms with Crippen LogP contribution in [-0.4, -0.2) is 30.5 Å². The van der Waals surface area contributed by atoms with E-state index in [2.05, 4.69) is 43.8 Å². The van der Waals surface area contributed by atoms with Crippen LogP contribution in [0.4, 0.5) is 0 Å². The lowest BCUT2D eigenvalue weighted by Gasteiger charge is -2.41. The van der Waals surface area contributed by atoms with Crippen molar-refractivity contribution in [3.8, 4) is 5.75 Å². The van der Waals surface area contributed by atoms with E-state index in [9.17, 15) is 0 Å². The zero-order valence-electron chi connectivity index (χ0n) is 16.7. The van der Waals surface area contributed by atoms with Crippen LogP contribution >= 0.6 is 23.2 Å². The minimum atomic E-state index is -1.73. The third kappa shape index (κ3) is 4.76. The molecule has 1 heterocycles. The van der Waals surface area contributed by atoms with Crippen molar-refractivity contribution in [2.45, 2.75) is 76.8 Å². The Balaban J connectivity index is 1.67. The van der Waals surface area contributed by atoms with Crippen molar-refractivity contribution < 1.29 is 9.16 Å². The maximum Gasteiger partial charge on any atom is 0.223 e. The first-order chi connectivity index (χ1) is 12.6. The lowest BCUT2D eigenvalue weighted by molar-refractivity contribution is 0.0733. The van der Waals surface area contributed by atoms with Gasteiger partial charge >= 0.3 is 0 Å². The van der Waals surface area contributed by atoms with E-state index in [1.807, 2.05) is 12.1 Å². The van der Waals surface area contributed by atoms with Crippen molar-refractivity contribution >= 4 is 42.4 Å². The normalized spacial score (nSPS) is 21.4. The van der Waals surface area contributed by atoms with Gasteiger partial charge in [-0.15, -0.1) is 0 Å². The van der Waals surface area contributed by atoms with Crippen molar-refractivity contribution in [2.75, 3.05) is 0 Å². The molecule has 1 fully saturated rings. The highest BCUT2D eigenvalue weighted by Crippen LogP contribution is 2.40. The molecular weight excluding hydrogens is 399 g/mol. The second kappa shape index (κ2) is 7.86. The van der Waals surface area contributed by atoms with Crippen LogP contribution in [0.2, 0.25) is 28.4 Å². The van der Waals surface area contributed by atoms with Crippen LogP contribution in [0.5, 0.6) is 5.75 Å². The van der Waals surface area contributed by atoms with Gasteiger partial charge in [0, 0.05) is 17.7 Å². The molecule has 1 aliphatic carbocycles. The molecule has 1 aliphatic rings. The highest BCUT2D eigenvalue weighted by molar-refractivity contribution is 6.74. The fraction of sp³-hybridized carbons (Fsp3) is 0.600. The number of benzene rings is 1. The number of nitrogens with zero attached hydrogens (tertiary/aromatic N) is 2. The summed E-state index contributed by atoms with van der Waals surface area (Å²) < 4.78 is 12.8. The van der Waals surface area contributed by atoms with Gasteiger partial charge in [0.2, 0.25) is 5.28 Å². The van der Waals surface area contributed by atoms with Crippen LogP contribution in [0.15, 0.2) is 18.3 Å². The van der Waals surface area contributed by atoms with E-state index in [1.165, 1.54) is 0 Å². The Morgan fingerprint density at radius 3 is 2.30 bits per heavy atom. The van der Waals surface area contributed by atoms with Gasteiger partial charge in [-0.1, -0.05) is 32.4 Å². The number of hydrogen-bond acceptors (Lipinski definition) is 4. The Hall–Kier alpha value is -0.883. The summed E-state index contributed by atoms with van der Waals surface area (Å²) in [6.45, 7) is 11.5. The van der Waals surface area contributed by atoms with Crippen LogP contribution in [0.25, 0.3) is 10.9 Å². The molecule has 0 atom stereocenters. The largest absolute Gasteiger partial charge is 0.487 e. The third-order valence-electron chi connectivity index (χ3n) is 5.80. The molecule has 148 valence electrons. The Morgan fingerprint density at radius 2 is 1.67 bits per heavy atom. The molecule has 0 aliphatic heterocycles. The summed E-state index contributed by atoms with van der Waals surface area (Å²) >= 11 is 12.4. The molecular formula is C20H28Cl2N2O2Si. The van der Waals surface area contributed by atoms with Gasteiger partial charge in [0.25, 0.3) is 0 Å². The highest BCUT2D eigenvalue weighted by atomic mass is 35.5. The fourth-order valence-corrected chi connectivity index (χ4v) is 4.92. The molecule has 0 radical (unpaired) electrons. The topological polar surface area (TPSA) is 44.2 Å². The quantitative estimate of drug-likeness (QED) is 0.405. The summed E-state index contributed by atoms with van der Waals surface area (Å²) in [6.07, 6.45) is 6.05. The van der Waals surface area contributed by atoms with Crippen molar-refractivity contribution in [2.24, 2.45) is 0 Å². The van der Waals surface area contributed by atoms with E-state index >= 15 is 0 Å². The standard InChI is InChI=1S/C20H28Cl2N2O2Si/c1-20(2,3)27(4,5)26-15-9-7-14(8-10-15)25-18-16(21)11-6-13-12-23-19(22)24-17(13)18/h6,11-12,14-15H,7-10H2,1-5H3/t14-,15+. The number of fused-ring (bicyclic) bond motifs is 1. The van der Waals surface area contributed by atoms with Crippen molar-refractivity contribution in [1.82, 2.24) is 9.97 Å². The second-order valence-electron chi connectivity index (χ2n) is 8.85. The minimum Gasteiger partial charge on any atom is -0.487 e. The summed E-state index contributed by atoms with van der Waals surface area (Å²) in [5.74, 6) is 0.604. The zero-order valence-corrected chi connectivity index (χ0v) is 19.2. The first-order valence-corrected chi connectivity index (χ1v) is 13.2. The molecule has 0 bridgehead atoms.